The van der Waals surface area contributed by atoms with Gasteiger partial charge in [-0.05, 0) is 55.0 Å². The summed E-state index contributed by atoms with van der Waals surface area (Å²) in [6.45, 7) is 5.93. The first-order valence-corrected chi connectivity index (χ1v) is 10.0. The molecule has 25 heavy (non-hydrogen) atoms. The first-order valence-electron chi connectivity index (χ1n) is 8.04. The number of halogens is 2. The number of carbonyl (C=O) groups excluding carboxylic acids is 1. The zero-order valence-corrected chi connectivity index (χ0v) is 16.5. The van der Waals surface area contributed by atoms with Crippen molar-refractivity contribution in [3.63, 3.8) is 0 Å². The van der Waals surface area contributed by atoms with Gasteiger partial charge in [0.1, 0.15) is 0 Å². The highest BCUT2D eigenvalue weighted by molar-refractivity contribution is 7.98. The number of amides is 1. The highest BCUT2D eigenvalue weighted by Crippen LogP contribution is 2.42. The van der Waals surface area contributed by atoms with Crippen LogP contribution in [0.1, 0.15) is 46.9 Å². The van der Waals surface area contributed by atoms with Crippen LogP contribution in [-0.2, 0) is 0 Å². The lowest BCUT2D eigenvalue weighted by molar-refractivity contribution is 0.0643. The van der Waals surface area contributed by atoms with Gasteiger partial charge in [0.2, 0.25) is 0 Å². The average molecular weight is 392 g/mol. The van der Waals surface area contributed by atoms with Gasteiger partial charge >= 0.3 is 0 Å². The lowest BCUT2D eigenvalue weighted by Gasteiger charge is -2.32. The molecular weight excluding hydrogens is 373 g/mol. The van der Waals surface area contributed by atoms with Crippen LogP contribution >= 0.6 is 35.0 Å². The van der Waals surface area contributed by atoms with Gasteiger partial charge in [-0.1, -0.05) is 41.4 Å². The van der Waals surface area contributed by atoms with Crippen LogP contribution in [0.15, 0.2) is 53.9 Å². The molecule has 0 bridgehead atoms. The molecule has 1 aliphatic rings. The van der Waals surface area contributed by atoms with E-state index in [1.165, 1.54) is 0 Å². The Morgan fingerprint density at radius 3 is 2.64 bits per heavy atom. The lowest BCUT2D eigenvalue weighted by atomic mass is 10.0. The molecule has 1 heterocycles. The van der Waals surface area contributed by atoms with Crippen molar-refractivity contribution < 1.29 is 4.79 Å². The number of hydrogen-bond acceptors (Lipinski definition) is 2. The van der Waals surface area contributed by atoms with Gasteiger partial charge in [0.15, 0.2) is 0 Å². The number of carbonyl (C=O) groups is 1. The van der Waals surface area contributed by atoms with Crippen LogP contribution in [0, 0.1) is 0 Å². The van der Waals surface area contributed by atoms with Crippen LogP contribution in [0.25, 0.3) is 0 Å². The van der Waals surface area contributed by atoms with Crippen LogP contribution < -0.4 is 0 Å². The third-order valence-electron chi connectivity index (χ3n) is 4.65. The Labute approximate surface area is 162 Å². The van der Waals surface area contributed by atoms with Crippen molar-refractivity contribution in [2.24, 2.45) is 0 Å². The molecule has 0 radical (unpaired) electrons. The second-order valence-electron chi connectivity index (χ2n) is 6.06. The summed E-state index contributed by atoms with van der Waals surface area (Å²) in [4.78, 5) is 16.2. The fraction of sp³-hybridized carbons (Fsp3) is 0.250. The largest absolute Gasteiger partial charge is 0.324 e. The number of benzene rings is 2. The molecule has 2 aromatic rings. The minimum Gasteiger partial charge on any atom is -0.324 e. The van der Waals surface area contributed by atoms with Crippen molar-refractivity contribution in [2.45, 2.75) is 30.3 Å². The molecule has 2 atom stereocenters. The Bertz CT molecular complexity index is 836. The molecule has 2 nitrogen and oxygen atoms in total. The van der Waals surface area contributed by atoms with Crippen molar-refractivity contribution >= 4 is 40.9 Å². The minimum absolute atomic E-state index is 0.00203. The molecule has 3 rings (SSSR count). The van der Waals surface area contributed by atoms with E-state index in [4.69, 9.17) is 23.2 Å². The van der Waals surface area contributed by atoms with Crippen molar-refractivity contribution in [1.82, 2.24) is 4.90 Å². The van der Waals surface area contributed by atoms with Crippen molar-refractivity contribution in [3.8, 4) is 0 Å². The molecule has 130 valence electrons. The Morgan fingerprint density at radius 2 is 2.00 bits per heavy atom. The van der Waals surface area contributed by atoms with Gasteiger partial charge in [-0.2, -0.15) is 0 Å². The van der Waals surface area contributed by atoms with E-state index in [1.807, 2.05) is 35.4 Å². The van der Waals surface area contributed by atoms with E-state index in [-0.39, 0.29) is 18.0 Å². The van der Waals surface area contributed by atoms with Crippen LogP contribution in [0.4, 0.5) is 0 Å². The van der Waals surface area contributed by atoms with Gasteiger partial charge in [0.05, 0.1) is 22.1 Å². The van der Waals surface area contributed by atoms with E-state index in [1.54, 1.807) is 17.8 Å². The number of thioether (sulfide) groups is 1. The average Bonchev–Trinajstić information content (AvgIpc) is 2.86. The molecule has 0 aromatic heterocycles. The SMILES string of the molecule is C=CCC(c1ccc(Cl)c(Cl)c1)N1C(=O)c2cc(SC)ccc2C1C. The predicted octanol–water partition coefficient (Wildman–Crippen LogP) is 6.55. The van der Waals surface area contributed by atoms with Gasteiger partial charge < -0.3 is 4.90 Å². The number of rotatable bonds is 5. The Morgan fingerprint density at radius 1 is 1.24 bits per heavy atom. The molecule has 0 N–H and O–H groups in total. The maximum Gasteiger partial charge on any atom is 0.255 e. The summed E-state index contributed by atoms with van der Waals surface area (Å²) in [5.41, 5.74) is 2.82. The summed E-state index contributed by atoms with van der Waals surface area (Å²) in [5.74, 6) is 0.0522. The minimum atomic E-state index is -0.125. The van der Waals surface area contributed by atoms with Crippen molar-refractivity contribution in [3.05, 3.63) is 75.8 Å². The normalized spacial score (nSPS) is 17.5. The fourth-order valence-electron chi connectivity index (χ4n) is 3.38. The molecule has 0 aliphatic carbocycles. The second-order valence-corrected chi connectivity index (χ2v) is 7.75. The molecule has 0 saturated carbocycles. The topological polar surface area (TPSA) is 20.3 Å². The van der Waals surface area contributed by atoms with Crippen molar-refractivity contribution in [1.29, 1.82) is 0 Å². The van der Waals surface area contributed by atoms with E-state index >= 15 is 0 Å². The molecule has 0 spiro atoms. The maximum absolute atomic E-state index is 13.1. The van der Waals surface area contributed by atoms with Gasteiger partial charge in [0.25, 0.3) is 5.91 Å². The third kappa shape index (κ3) is 3.33. The molecule has 0 fully saturated rings. The van der Waals surface area contributed by atoms with Gasteiger partial charge in [0, 0.05) is 10.5 Å². The van der Waals surface area contributed by atoms with E-state index in [2.05, 4.69) is 25.6 Å². The van der Waals surface area contributed by atoms with Gasteiger partial charge in [-0.3, -0.25) is 4.79 Å². The molecule has 2 unspecified atom stereocenters. The lowest BCUT2D eigenvalue weighted by Crippen LogP contribution is -2.31. The standard InChI is InChI=1S/C20H19Cl2NOS/c1-4-5-19(13-6-9-17(21)18(22)10-13)23-12(2)15-8-7-14(25-3)11-16(15)20(23)24/h4,6-12,19H,1,5H2,2-3H3. The summed E-state index contributed by atoms with van der Waals surface area (Å²) in [6.07, 6.45) is 4.50. The fourth-order valence-corrected chi connectivity index (χ4v) is 4.12. The summed E-state index contributed by atoms with van der Waals surface area (Å²) < 4.78 is 0. The highest BCUT2D eigenvalue weighted by Gasteiger charge is 2.38. The number of fused-ring (bicyclic) bond motifs is 1. The Balaban J connectivity index is 2.04. The molecule has 2 aromatic carbocycles. The number of hydrogen-bond donors (Lipinski definition) is 0. The summed E-state index contributed by atoms with van der Waals surface area (Å²) >= 11 is 13.9. The number of nitrogens with zero attached hydrogens (tertiary/aromatic N) is 1. The zero-order valence-electron chi connectivity index (χ0n) is 14.1. The highest BCUT2D eigenvalue weighted by atomic mass is 35.5. The maximum atomic E-state index is 13.1. The van der Waals surface area contributed by atoms with E-state index in [0.29, 0.717) is 16.5 Å². The van der Waals surface area contributed by atoms with E-state index in [0.717, 1.165) is 21.6 Å². The van der Waals surface area contributed by atoms with Crippen LogP contribution in [0.2, 0.25) is 10.0 Å². The molecule has 0 saturated heterocycles. The second kappa shape index (κ2) is 7.45. The summed E-state index contributed by atoms with van der Waals surface area (Å²) in [7, 11) is 0. The first kappa shape index (κ1) is 18.4. The Hall–Kier alpha value is -1.42. The molecule has 5 heteroatoms. The molecule has 1 amide bonds. The quantitative estimate of drug-likeness (QED) is 0.425. The predicted molar refractivity (Wildman–Crippen MR) is 107 cm³/mol. The zero-order chi connectivity index (χ0) is 18.1. The van der Waals surface area contributed by atoms with E-state index < -0.39 is 0 Å². The smallest absolute Gasteiger partial charge is 0.255 e. The van der Waals surface area contributed by atoms with Gasteiger partial charge in [-0.15, -0.1) is 18.3 Å². The van der Waals surface area contributed by atoms with E-state index in [9.17, 15) is 4.79 Å². The van der Waals surface area contributed by atoms with Crippen LogP contribution in [0.5, 0.6) is 0 Å². The van der Waals surface area contributed by atoms with Crippen LogP contribution in [0.3, 0.4) is 0 Å². The third-order valence-corrected chi connectivity index (χ3v) is 6.11. The monoisotopic (exact) mass is 391 g/mol. The van der Waals surface area contributed by atoms with Crippen LogP contribution in [-0.4, -0.2) is 17.1 Å². The summed E-state index contributed by atoms with van der Waals surface area (Å²) in [5, 5.41) is 1.01. The van der Waals surface area contributed by atoms with Crippen molar-refractivity contribution in [2.75, 3.05) is 6.26 Å². The van der Waals surface area contributed by atoms with Gasteiger partial charge in [-0.25, -0.2) is 0 Å². The molecule has 1 aliphatic heterocycles. The Kier molecular flexibility index (Phi) is 5.47. The molecular formula is C20H19Cl2NOS. The first-order chi connectivity index (χ1) is 12.0. The summed E-state index contributed by atoms with van der Waals surface area (Å²) in [6, 6.07) is 11.5.